The van der Waals surface area contributed by atoms with Crippen LogP contribution in [0, 0.1) is 0 Å². The van der Waals surface area contributed by atoms with Crippen LogP contribution >= 0.6 is 34.8 Å². The minimum absolute atomic E-state index is 0.143. The van der Waals surface area contributed by atoms with E-state index >= 15 is 0 Å². The standard InChI is InChI=1S/C12H10Cl3F3N4O/c13-8(9(14)15)11(23)22-4-3-19-5-6(22)10-20-2-1-7(21-10)12(16,17)18/h1-2,6,19H,3-5H2. The van der Waals surface area contributed by atoms with E-state index in [-0.39, 0.29) is 18.9 Å². The van der Waals surface area contributed by atoms with Gasteiger partial charge in [-0.05, 0) is 6.07 Å². The Balaban J connectivity index is 2.36. The second kappa shape index (κ2) is 7.21. The van der Waals surface area contributed by atoms with Crippen LogP contribution in [0.25, 0.3) is 0 Å². The van der Waals surface area contributed by atoms with Gasteiger partial charge < -0.3 is 10.2 Å². The van der Waals surface area contributed by atoms with Gasteiger partial charge in [-0.15, -0.1) is 0 Å². The molecule has 0 aromatic carbocycles. The van der Waals surface area contributed by atoms with E-state index in [9.17, 15) is 18.0 Å². The molecule has 5 nitrogen and oxygen atoms in total. The molecule has 1 N–H and O–H groups in total. The van der Waals surface area contributed by atoms with Gasteiger partial charge in [0.05, 0.1) is 0 Å². The van der Waals surface area contributed by atoms with Crippen molar-refractivity contribution < 1.29 is 18.0 Å². The summed E-state index contributed by atoms with van der Waals surface area (Å²) in [4.78, 5) is 20.9. The zero-order chi connectivity index (χ0) is 17.2. The maximum atomic E-state index is 12.8. The lowest BCUT2D eigenvalue weighted by Crippen LogP contribution is -2.49. The highest BCUT2D eigenvalue weighted by atomic mass is 35.5. The zero-order valence-corrected chi connectivity index (χ0v) is 13.6. The van der Waals surface area contributed by atoms with Crippen LogP contribution in [0.4, 0.5) is 13.2 Å². The molecule has 1 aromatic heterocycles. The molecule has 1 unspecified atom stereocenters. The summed E-state index contributed by atoms with van der Waals surface area (Å²) < 4.78 is 37.9. The number of amides is 1. The SMILES string of the molecule is O=C(C(Cl)=C(Cl)Cl)N1CCNCC1c1nccc(C(F)(F)F)n1. The molecule has 0 aliphatic carbocycles. The van der Waals surface area contributed by atoms with Crippen LogP contribution in [0.2, 0.25) is 0 Å². The van der Waals surface area contributed by atoms with Gasteiger partial charge >= 0.3 is 6.18 Å². The lowest BCUT2D eigenvalue weighted by atomic mass is 10.1. The Morgan fingerprint density at radius 2 is 2.04 bits per heavy atom. The van der Waals surface area contributed by atoms with E-state index in [1.165, 1.54) is 4.90 Å². The quantitative estimate of drug-likeness (QED) is 0.790. The summed E-state index contributed by atoms with van der Waals surface area (Å²) in [6, 6.07) is -0.0611. The van der Waals surface area contributed by atoms with E-state index in [2.05, 4.69) is 15.3 Å². The number of hydrogen-bond acceptors (Lipinski definition) is 4. The molecule has 2 rings (SSSR count). The molecule has 2 heterocycles. The number of alkyl halides is 3. The van der Waals surface area contributed by atoms with Gasteiger partial charge in [-0.2, -0.15) is 13.2 Å². The molecule has 1 saturated heterocycles. The Labute approximate surface area is 144 Å². The number of aromatic nitrogens is 2. The van der Waals surface area contributed by atoms with Crippen LogP contribution in [0.15, 0.2) is 21.8 Å². The topological polar surface area (TPSA) is 58.1 Å². The highest BCUT2D eigenvalue weighted by Gasteiger charge is 2.36. The number of nitrogens with zero attached hydrogens (tertiary/aromatic N) is 3. The number of nitrogens with one attached hydrogen (secondary N) is 1. The maximum Gasteiger partial charge on any atom is 0.433 e. The van der Waals surface area contributed by atoms with Crippen molar-refractivity contribution in [3.05, 3.63) is 33.3 Å². The molecule has 0 spiro atoms. The van der Waals surface area contributed by atoms with Crippen LogP contribution in [-0.2, 0) is 11.0 Å². The third-order valence-corrected chi connectivity index (χ3v) is 4.04. The first-order valence-corrected chi connectivity index (χ1v) is 7.48. The van der Waals surface area contributed by atoms with Gasteiger partial charge in [-0.25, -0.2) is 9.97 Å². The van der Waals surface area contributed by atoms with Crippen LogP contribution in [0.3, 0.4) is 0 Å². The minimum Gasteiger partial charge on any atom is -0.325 e. The van der Waals surface area contributed by atoms with Gasteiger partial charge in [-0.3, -0.25) is 4.79 Å². The number of hydrogen-bond donors (Lipinski definition) is 1. The molecule has 1 aromatic rings. The summed E-state index contributed by atoms with van der Waals surface area (Å²) in [5.74, 6) is -0.838. The first-order valence-electron chi connectivity index (χ1n) is 6.34. The molecule has 126 valence electrons. The number of piperazine rings is 1. The summed E-state index contributed by atoms with van der Waals surface area (Å²) in [6.45, 7) is 0.808. The minimum atomic E-state index is -4.61. The van der Waals surface area contributed by atoms with Crippen molar-refractivity contribution >= 4 is 40.7 Å². The van der Waals surface area contributed by atoms with Crippen LogP contribution < -0.4 is 5.32 Å². The Kier molecular flexibility index (Phi) is 5.72. The third-order valence-electron chi connectivity index (χ3n) is 3.12. The van der Waals surface area contributed by atoms with Crippen molar-refractivity contribution in [3.63, 3.8) is 0 Å². The Hall–Kier alpha value is -1.09. The molecule has 0 radical (unpaired) electrons. The average molecular weight is 390 g/mol. The van der Waals surface area contributed by atoms with E-state index in [4.69, 9.17) is 34.8 Å². The van der Waals surface area contributed by atoms with Crippen LogP contribution in [0.1, 0.15) is 17.6 Å². The average Bonchev–Trinajstić information content (AvgIpc) is 2.52. The fourth-order valence-corrected chi connectivity index (χ4v) is 2.35. The molecular weight excluding hydrogens is 380 g/mol. The molecule has 0 bridgehead atoms. The monoisotopic (exact) mass is 388 g/mol. The Morgan fingerprint density at radius 3 is 2.65 bits per heavy atom. The Morgan fingerprint density at radius 1 is 1.35 bits per heavy atom. The molecule has 23 heavy (non-hydrogen) atoms. The maximum absolute atomic E-state index is 12.8. The van der Waals surface area contributed by atoms with Crippen LogP contribution in [0.5, 0.6) is 0 Å². The summed E-state index contributed by atoms with van der Waals surface area (Å²) in [5.41, 5.74) is -1.09. The molecule has 11 heteroatoms. The molecular formula is C12H10Cl3F3N4O. The lowest BCUT2D eigenvalue weighted by Gasteiger charge is -2.35. The van der Waals surface area contributed by atoms with E-state index in [0.29, 0.717) is 6.54 Å². The van der Waals surface area contributed by atoms with Crippen molar-refractivity contribution in [1.82, 2.24) is 20.2 Å². The fourth-order valence-electron chi connectivity index (χ4n) is 2.08. The molecule has 1 amide bonds. The molecule has 0 saturated carbocycles. The van der Waals surface area contributed by atoms with Crippen molar-refractivity contribution in [2.24, 2.45) is 0 Å². The largest absolute Gasteiger partial charge is 0.433 e. The third kappa shape index (κ3) is 4.26. The first kappa shape index (κ1) is 18.3. The summed E-state index contributed by atoms with van der Waals surface area (Å²) in [5, 5.41) is 2.55. The van der Waals surface area contributed by atoms with E-state index < -0.39 is 33.3 Å². The number of rotatable bonds is 2. The first-order chi connectivity index (χ1) is 10.7. The predicted molar refractivity (Wildman–Crippen MR) is 78.9 cm³/mol. The summed E-state index contributed by atoms with van der Waals surface area (Å²) >= 11 is 16.7. The lowest BCUT2D eigenvalue weighted by molar-refractivity contribution is -0.141. The smallest absolute Gasteiger partial charge is 0.325 e. The van der Waals surface area contributed by atoms with Gasteiger partial charge in [0.1, 0.15) is 21.3 Å². The van der Waals surface area contributed by atoms with Gasteiger partial charge in [0.25, 0.3) is 5.91 Å². The van der Waals surface area contributed by atoms with Gasteiger partial charge in [-0.1, -0.05) is 34.8 Å². The highest BCUT2D eigenvalue weighted by Crippen LogP contribution is 2.30. The second-order valence-electron chi connectivity index (χ2n) is 4.59. The second-order valence-corrected chi connectivity index (χ2v) is 5.92. The summed E-state index contributed by atoms with van der Waals surface area (Å²) in [7, 11) is 0. The normalized spacial score (nSPS) is 18.7. The summed E-state index contributed by atoms with van der Waals surface area (Å²) in [6.07, 6.45) is -3.61. The van der Waals surface area contributed by atoms with E-state index in [1.807, 2.05) is 0 Å². The zero-order valence-electron chi connectivity index (χ0n) is 11.4. The number of carbonyl (C=O) groups excluding carboxylic acids is 1. The molecule has 1 atom stereocenters. The highest BCUT2D eigenvalue weighted by molar-refractivity contribution is 6.62. The van der Waals surface area contributed by atoms with E-state index in [0.717, 1.165) is 12.3 Å². The van der Waals surface area contributed by atoms with Crippen LogP contribution in [-0.4, -0.2) is 40.4 Å². The predicted octanol–water partition coefficient (Wildman–Crippen LogP) is 2.85. The van der Waals surface area contributed by atoms with Crippen molar-refractivity contribution in [2.75, 3.05) is 19.6 Å². The van der Waals surface area contributed by atoms with Gasteiger partial charge in [0.15, 0.2) is 5.82 Å². The fraction of sp³-hybridized carbons (Fsp3) is 0.417. The van der Waals surface area contributed by atoms with Gasteiger partial charge in [0.2, 0.25) is 0 Å². The van der Waals surface area contributed by atoms with Crippen molar-refractivity contribution in [2.45, 2.75) is 12.2 Å². The van der Waals surface area contributed by atoms with Gasteiger partial charge in [0, 0.05) is 25.8 Å². The van der Waals surface area contributed by atoms with Crippen molar-refractivity contribution in [1.29, 1.82) is 0 Å². The molecule has 1 aliphatic heterocycles. The molecule has 1 aliphatic rings. The Bertz CT molecular complexity index is 634. The van der Waals surface area contributed by atoms with Crippen molar-refractivity contribution in [3.8, 4) is 0 Å². The number of halogens is 6. The number of carbonyl (C=O) groups is 1. The van der Waals surface area contributed by atoms with E-state index in [1.54, 1.807) is 0 Å². The molecule has 1 fully saturated rings.